The first-order valence-corrected chi connectivity index (χ1v) is 9.87. The quantitative estimate of drug-likeness (QED) is 0.641. The number of nitriles is 1. The van der Waals surface area contributed by atoms with Crippen LogP contribution in [0.15, 0.2) is 18.2 Å². The molecule has 2 aromatic rings. The Morgan fingerprint density at radius 3 is 2.67 bits per heavy atom. The predicted octanol–water partition coefficient (Wildman–Crippen LogP) is 4.21. The molecule has 1 aliphatic carbocycles. The highest BCUT2D eigenvalue weighted by Crippen LogP contribution is 2.39. The van der Waals surface area contributed by atoms with E-state index in [0.717, 1.165) is 56.8 Å². The number of alkyl halides is 3. The first kappa shape index (κ1) is 21.8. The minimum Gasteiger partial charge on any atom is -0.507 e. The predicted molar refractivity (Wildman–Crippen MR) is 107 cm³/mol. The molecule has 1 aromatic carbocycles. The number of nitrogens with zero attached hydrogens (tertiary/aromatic N) is 3. The maximum Gasteiger partial charge on any atom is 0.416 e. The second-order valence-electron chi connectivity index (χ2n) is 7.67. The van der Waals surface area contributed by atoms with E-state index in [0.29, 0.717) is 11.6 Å². The van der Waals surface area contributed by atoms with E-state index in [1.807, 2.05) is 13.1 Å². The van der Waals surface area contributed by atoms with Crippen LogP contribution >= 0.6 is 0 Å². The van der Waals surface area contributed by atoms with Crippen LogP contribution in [-0.4, -0.2) is 28.7 Å². The monoisotopic (exact) mass is 419 g/mol. The SMILES string of the molecule is CNCC1CCCCC(c2nc(-c3cc(C(F)(F)F)ccc3O)nc(N)c2C#N)C1. The number of nitrogens with two attached hydrogens (primary N) is 1. The molecule has 1 aliphatic rings. The van der Waals surface area contributed by atoms with Crippen LogP contribution < -0.4 is 11.1 Å². The zero-order valence-electron chi connectivity index (χ0n) is 16.6. The van der Waals surface area contributed by atoms with Crippen LogP contribution in [-0.2, 0) is 6.18 Å². The summed E-state index contributed by atoms with van der Waals surface area (Å²) >= 11 is 0. The van der Waals surface area contributed by atoms with Gasteiger partial charge in [0.25, 0.3) is 0 Å². The lowest BCUT2D eigenvalue weighted by atomic mass is 9.88. The van der Waals surface area contributed by atoms with Gasteiger partial charge in [-0.05, 0) is 57.0 Å². The lowest BCUT2D eigenvalue weighted by molar-refractivity contribution is -0.137. The van der Waals surface area contributed by atoms with Gasteiger partial charge in [0.05, 0.1) is 16.8 Å². The van der Waals surface area contributed by atoms with Crippen LogP contribution in [0.3, 0.4) is 0 Å². The van der Waals surface area contributed by atoms with Crippen molar-refractivity contribution in [3.63, 3.8) is 0 Å². The standard InChI is InChI=1S/C21H24F3N5O/c1-27-11-12-4-2-3-5-13(8-12)18-16(10-25)19(26)29-20(28-18)15-9-14(21(22,23)24)6-7-17(15)30/h6-7,9,12-13,27,30H,2-5,8,11H2,1H3,(H2,26,28,29). The largest absolute Gasteiger partial charge is 0.507 e. The molecule has 6 nitrogen and oxygen atoms in total. The molecule has 2 unspecified atom stereocenters. The molecule has 3 rings (SSSR count). The normalized spacial score (nSPS) is 19.8. The number of nitrogen functional groups attached to an aromatic ring is 1. The van der Waals surface area contributed by atoms with Crippen molar-refractivity contribution in [1.82, 2.24) is 15.3 Å². The number of aromatic hydroxyl groups is 1. The summed E-state index contributed by atoms with van der Waals surface area (Å²) in [6.07, 6.45) is 0.0991. The Hall–Kier alpha value is -2.86. The molecule has 160 valence electrons. The third kappa shape index (κ3) is 4.65. The summed E-state index contributed by atoms with van der Waals surface area (Å²) in [5.41, 5.74) is 5.50. The molecule has 0 saturated heterocycles. The van der Waals surface area contributed by atoms with Crippen molar-refractivity contribution in [3.8, 4) is 23.2 Å². The topological polar surface area (TPSA) is 108 Å². The molecule has 0 aliphatic heterocycles. The fourth-order valence-electron chi connectivity index (χ4n) is 4.10. The third-order valence-corrected chi connectivity index (χ3v) is 5.55. The molecule has 4 N–H and O–H groups in total. The second-order valence-corrected chi connectivity index (χ2v) is 7.67. The molecule has 1 fully saturated rings. The maximum atomic E-state index is 13.1. The van der Waals surface area contributed by atoms with E-state index >= 15 is 0 Å². The molecule has 1 aromatic heterocycles. The van der Waals surface area contributed by atoms with Gasteiger partial charge in [-0.15, -0.1) is 0 Å². The van der Waals surface area contributed by atoms with Gasteiger partial charge in [-0.25, -0.2) is 9.97 Å². The van der Waals surface area contributed by atoms with Crippen molar-refractivity contribution in [2.75, 3.05) is 19.3 Å². The Labute approximate surface area is 173 Å². The Morgan fingerprint density at radius 1 is 1.27 bits per heavy atom. The molecule has 9 heteroatoms. The van der Waals surface area contributed by atoms with Crippen LogP contribution in [0.4, 0.5) is 19.0 Å². The summed E-state index contributed by atoms with van der Waals surface area (Å²) in [6, 6.07) is 4.61. The molecule has 0 amide bonds. The molecule has 0 bridgehead atoms. The molecule has 0 spiro atoms. The molecule has 1 heterocycles. The summed E-state index contributed by atoms with van der Waals surface area (Å²) in [5, 5.41) is 23.0. The molecule has 30 heavy (non-hydrogen) atoms. The lowest BCUT2D eigenvalue weighted by Crippen LogP contribution is -2.20. The number of anilines is 1. The van der Waals surface area contributed by atoms with Gasteiger partial charge in [0.15, 0.2) is 5.82 Å². The van der Waals surface area contributed by atoms with Crippen molar-refractivity contribution >= 4 is 5.82 Å². The van der Waals surface area contributed by atoms with Gasteiger partial charge in [-0.1, -0.05) is 12.8 Å². The molecule has 0 radical (unpaired) electrons. The highest BCUT2D eigenvalue weighted by molar-refractivity contribution is 5.68. The number of phenols is 1. The van der Waals surface area contributed by atoms with E-state index in [1.165, 1.54) is 0 Å². The second kappa shape index (κ2) is 8.88. The summed E-state index contributed by atoms with van der Waals surface area (Å²) in [5.74, 6) is -0.247. The minimum absolute atomic E-state index is 0.0579. The number of nitrogens with one attached hydrogen (secondary N) is 1. The number of benzene rings is 1. The van der Waals surface area contributed by atoms with Crippen LogP contribution in [0.5, 0.6) is 5.75 Å². The Morgan fingerprint density at radius 2 is 2.00 bits per heavy atom. The fraction of sp³-hybridized carbons (Fsp3) is 0.476. The van der Waals surface area contributed by atoms with E-state index in [2.05, 4.69) is 15.3 Å². The molecular formula is C21H24F3N5O. The van der Waals surface area contributed by atoms with E-state index < -0.39 is 11.7 Å². The van der Waals surface area contributed by atoms with E-state index in [1.54, 1.807) is 0 Å². The number of halogens is 3. The zero-order valence-corrected chi connectivity index (χ0v) is 16.6. The highest BCUT2D eigenvalue weighted by atomic mass is 19.4. The van der Waals surface area contributed by atoms with E-state index in [4.69, 9.17) is 5.73 Å². The summed E-state index contributed by atoms with van der Waals surface area (Å²) < 4.78 is 39.4. The number of aromatic nitrogens is 2. The van der Waals surface area contributed by atoms with E-state index in [9.17, 15) is 23.5 Å². The van der Waals surface area contributed by atoms with Crippen LogP contribution in [0.1, 0.15) is 54.8 Å². The molecule has 2 atom stereocenters. The minimum atomic E-state index is -4.58. The number of hydrogen-bond donors (Lipinski definition) is 3. The Bertz CT molecular complexity index is 955. The summed E-state index contributed by atoms with van der Waals surface area (Å²) in [6.45, 7) is 0.834. The van der Waals surface area contributed by atoms with Crippen molar-refractivity contribution in [3.05, 3.63) is 35.0 Å². The number of rotatable bonds is 4. The maximum absolute atomic E-state index is 13.1. The summed E-state index contributed by atoms with van der Waals surface area (Å²) in [7, 11) is 1.89. The first-order chi connectivity index (χ1) is 14.2. The van der Waals surface area contributed by atoms with Crippen molar-refractivity contribution in [1.29, 1.82) is 5.26 Å². The molecule has 1 saturated carbocycles. The number of phenolic OH excluding ortho intramolecular Hbond substituents is 1. The molecular weight excluding hydrogens is 395 g/mol. The third-order valence-electron chi connectivity index (χ3n) is 5.55. The van der Waals surface area contributed by atoms with Crippen molar-refractivity contribution in [2.24, 2.45) is 5.92 Å². The zero-order chi connectivity index (χ0) is 21.9. The van der Waals surface area contributed by atoms with Crippen molar-refractivity contribution in [2.45, 2.75) is 44.2 Å². The fourth-order valence-corrected chi connectivity index (χ4v) is 4.10. The highest BCUT2D eigenvalue weighted by Gasteiger charge is 2.32. The van der Waals surface area contributed by atoms with Gasteiger partial charge >= 0.3 is 6.18 Å². The van der Waals surface area contributed by atoms with Crippen LogP contribution in [0.25, 0.3) is 11.4 Å². The van der Waals surface area contributed by atoms with Gasteiger partial charge in [0.1, 0.15) is 23.2 Å². The van der Waals surface area contributed by atoms with Crippen molar-refractivity contribution < 1.29 is 18.3 Å². The average molecular weight is 419 g/mol. The Kier molecular flexibility index (Phi) is 6.46. The van der Waals surface area contributed by atoms with E-state index in [-0.39, 0.29) is 34.4 Å². The van der Waals surface area contributed by atoms with Gasteiger partial charge in [-0.3, -0.25) is 0 Å². The average Bonchev–Trinajstić information content (AvgIpc) is 2.92. The van der Waals surface area contributed by atoms with Gasteiger partial charge in [0.2, 0.25) is 0 Å². The smallest absolute Gasteiger partial charge is 0.416 e. The summed E-state index contributed by atoms with van der Waals surface area (Å²) in [4.78, 5) is 8.49. The Balaban J connectivity index is 2.10. The van der Waals surface area contributed by atoms with Gasteiger partial charge in [0, 0.05) is 5.92 Å². The van der Waals surface area contributed by atoms with Crippen LogP contribution in [0.2, 0.25) is 0 Å². The first-order valence-electron chi connectivity index (χ1n) is 9.87. The van der Waals surface area contributed by atoms with Gasteiger partial charge in [-0.2, -0.15) is 18.4 Å². The van der Waals surface area contributed by atoms with Gasteiger partial charge < -0.3 is 16.2 Å². The lowest BCUT2D eigenvalue weighted by Gasteiger charge is -2.21. The number of hydrogen-bond acceptors (Lipinski definition) is 6. The van der Waals surface area contributed by atoms with Crippen LogP contribution in [0, 0.1) is 17.2 Å².